The van der Waals surface area contributed by atoms with E-state index >= 15 is 0 Å². The van der Waals surface area contributed by atoms with Crippen LogP contribution in [0.4, 0.5) is 0 Å². The van der Waals surface area contributed by atoms with Gasteiger partial charge in [0.2, 0.25) is 0 Å². The van der Waals surface area contributed by atoms with E-state index in [-0.39, 0.29) is 39.5 Å². The number of hydrogen-bond donors (Lipinski definition) is 0. The van der Waals surface area contributed by atoms with Crippen molar-refractivity contribution in [2.45, 2.75) is 239 Å². The smallest absolute Gasteiger partial charge is 0.306 e. The normalized spacial score (nSPS) is 13.2. The summed E-state index contributed by atoms with van der Waals surface area (Å²) in [6.45, 7) is 4.58. The number of carbonyl (C=O) groups excluding carboxylic acids is 2. The lowest BCUT2D eigenvalue weighted by molar-refractivity contribution is -0.870. The first-order valence-corrected chi connectivity index (χ1v) is 24.7. The number of unbranched alkanes of at least 4 members (excludes halogenated alkanes) is 28. The van der Waals surface area contributed by atoms with Crippen LogP contribution in [0.2, 0.25) is 0 Å². The summed E-state index contributed by atoms with van der Waals surface area (Å²) in [6.07, 6.45) is 37.5. The summed E-state index contributed by atoms with van der Waals surface area (Å²) >= 11 is 0. The van der Waals surface area contributed by atoms with Gasteiger partial charge in [-0.3, -0.25) is 14.2 Å². The second kappa shape index (κ2) is 40.8. The molecule has 0 aliphatic heterocycles. The van der Waals surface area contributed by atoms with E-state index in [9.17, 15) is 19.0 Å². The molecule has 0 fully saturated rings. The maximum Gasteiger partial charge on any atom is 0.306 e. The fourth-order valence-electron chi connectivity index (χ4n) is 6.83. The highest BCUT2D eigenvalue weighted by molar-refractivity contribution is 7.45. The Balaban J connectivity index is 0. The Kier molecular flexibility index (Phi) is 41.6. The van der Waals surface area contributed by atoms with Crippen molar-refractivity contribution in [2.24, 2.45) is 0 Å². The molecule has 9 nitrogen and oxygen atoms in total. The molecular formula is C46H94NO8P. The first kappa shape index (κ1) is 57.1. The molecule has 0 aromatic rings. The van der Waals surface area contributed by atoms with Crippen LogP contribution < -0.4 is 4.89 Å². The van der Waals surface area contributed by atoms with Gasteiger partial charge in [-0.15, -0.1) is 0 Å². The summed E-state index contributed by atoms with van der Waals surface area (Å²) in [4.78, 5) is 37.6. The summed E-state index contributed by atoms with van der Waals surface area (Å²) < 4.78 is 34.2. The van der Waals surface area contributed by atoms with E-state index < -0.39 is 26.5 Å². The van der Waals surface area contributed by atoms with Gasteiger partial charge in [0.15, 0.2) is 6.10 Å². The van der Waals surface area contributed by atoms with E-state index in [2.05, 4.69) is 13.8 Å². The predicted octanol–water partition coefficient (Wildman–Crippen LogP) is 13.2. The molecule has 0 aromatic heterocycles. The van der Waals surface area contributed by atoms with E-state index in [0.29, 0.717) is 17.3 Å². The molecule has 0 radical (unpaired) electrons. The molecule has 0 spiro atoms. The number of esters is 2. The van der Waals surface area contributed by atoms with Gasteiger partial charge < -0.3 is 27.9 Å². The van der Waals surface area contributed by atoms with E-state index in [1.165, 1.54) is 154 Å². The van der Waals surface area contributed by atoms with Gasteiger partial charge >= 0.3 is 11.9 Å². The maximum absolute atomic E-state index is 12.7. The van der Waals surface area contributed by atoms with Crippen molar-refractivity contribution in [3.8, 4) is 0 Å². The van der Waals surface area contributed by atoms with E-state index in [4.69, 9.17) is 18.5 Å². The van der Waals surface area contributed by atoms with Crippen molar-refractivity contribution in [1.82, 2.24) is 0 Å². The van der Waals surface area contributed by atoms with Crippen LogP contribution >= 0.6 is 7.82 Å². The second-order valence-corrected chi connectivity index (χ2v) is 18.5. The van der Waals surface area contributed by atoms with Gasteiger partial charge in [-0.1, -0.05) is 201 Å². The first-order valence-electron chi connectivity index (χ1n) is 23.2. The van der Waals surface area contributed by atoms with Crippen LogP contribution in [0.25, 0.3) is 0 Å². The summed E-state index contributed by atoms with van der Waals surface area (Å²) in [6, 6.07) is 0. The van der Waals surface area contributed by atoms with E-state index in [0.717, 1.165) is 38.6 Å². The van der Waals surface area contributed by atoms with Gasteiger partial charge in [0.1, 0.15) is 6.61 Å². The van der Waals surface area contributed by atoms with Crippen LogP contribution in [-0.2, 0) is 32.7 Å². The molecular weight excluding hydrogens is 725 g/mol. The fourth-order valence-corrected chi connectivity index (χ4v) is 7.60. The number of hydrogen-bond acceptors (Lipinski definition) is 8. The topological polar surface area (TPSA) is 111 Å². The van der Waals surface area contributed by atoms with Gasteiger partial charge in [-0.2, -0.15) is 0 Å². The standard InChI is InChI=1S/C45H90NO8P.CH4/c1-6-8-10-12-14-16-18-20-22-24-26-28-30-32-34-37-44(47)51-41-43(42-53-55(49,50)52-40-36-39-46(3,4)5)54-45(48)38-35-33-31-29-27-25-23-21-19-17-15-13-11-9-7-2;/h43H,6-42H2,1-5H3;1H4. The highest BCUT2D eigenvalue weighted by Gasteiger charge is 2.21. The van der Waals surface area contributed by atoms with E-state index in [1.807, 2.05) is 21.1 Å². The number of rotatable bonds is 43. The summed E-state index contributed by atoms with van der Waals surface area (Å²) in [5, 5.41) is 0. The maximum atomic E-state index is 12.7. The molecule has 10 heteroatoms. The lowest BCUT2D eigenvalue weighted by Crippen LogP contribution is -2.35. The van der Waals surface area contributed by atoms with Crippen molar-refractivity contribution in [2.75, 3.05) is 47.5 Å². The van der Waals surface area contributed by atoms with Crippen molar-refractivity contribution in [3.05, 3.63) is 0 Å². The monoisotopic (exact) mass is 820 g/mol. The number of quaternary nitrogens is 1. The largest absolute Gasteiger partial charge is 0.756 e. The fraction of sp³-hybridized carbons (Fsp3) is 0.957. The minimum Gasteiger partial charge on any atom is -0.756 e. The third-order valence-electron chi connectivity index (χ3n) is 10.3. The van der Waals surface area contributed by atoms with Crippen LogP contribution in [0, 0.1) is 0 Å². The van der Waals surface area contributed by atoms with Gasteiger partial charge in [-0.05, 0) is 12.8 Å². The number of ether oxygens (including phenoxy) is 2. The highest BCUT2D eigenvalue weighted by Crippen LogP contribution is 2.38. The van der Waals surface area contributed by atoms with Gasteiger partial charge in [0, 0.05) is 19.3 Å². The van der Waals surface area contributed by atoms with E-state index in [1.54, 1.807) is 0 Å². The Morgan fingerprint density at radius 3 is 1.20 bits per heavy atom. The van der Waals surface area contributed by atoms with Crippen LogP contribution in [0.1, 0.15) is 233 Å². The zero-order valence-corrected chi connectivity index (χ0v) is 37.8. The van der Waals surface area contributed by atoms with Gasteiger partial charge in [0.25, 0.3) is 7.82 Å². The highest BCUT2D eigenvalue weighted by atomic mass is 31.2. The van der Waals surface area contributed by atoms with Crippen molar-refractivity contribution in [3.63, 3.8) is 0 Å². The minimum atomic E-state index is -4.61. The molecule has 0 rings (SSSR count). The molecule has 2 atom stereocenters. The Morgan fingerprint density at radius 1 is 0.500 bits per heavy atom. The zero-order chi connectivity index (χ0) is 40.7. The first-order chi connectivity index (χ1) is 26.5. The molecule has 0 heterocycles. The van der Waals surface area contributed by atoms with Gasteiger partial charge in [0.05, 0.1) is 40.9 Å². The van der Waals surface area contributed by atoms with Crippen molar-refractivity contribution >= 4 is 19.8 Å². The molecule has 0 bridgehead atoms. The molecule has 0 saturated carbocycles. The molecule has 2 unspecified atom stereocenters. The quantitative estimate of drug-likeness (QED) is 0.0259. The Morgan fingerprint density at radius 2 is 0.839 bits per heavy atom. The molecule has 56 heavy (non-hydrogen) atoms. The molecule has 0 saturated heterocycles. The minimum absolute atomic E-state index is 0. The average molecular weight is 820 g/mol. The van der Waals surface area contributed by atoms with Crippen LogP contribution in [0.15, 0.2) is 0 Å². The number of nitrogens with zero attached hydrogens (tertiary/aromatic N) is 1. The number of phosphoric ester groups is 1. The third-order valence-corrected chi connectivity index (χ3v) is 11.3. The number of phosphoric acid groups is 1. The van der Waals surface area contributed by atoms with Crippen LogP contribution in [0.3, 0.4) is 0 Å². The molecule has 0 aliphatic rings. The van der Waals surface area contributed by atoms with Crippen molar-refractivity contribution < 1.29 is 42.1 Å². The Labute approximate surface area is 347 Å². The average Bonchev–Trinajstić information content (AvgIpc) is 3.14. The second-order valence-electron chi connectivity index (χ2n) is 17.1. The third kappa shape index (κ3) is 44.1. The van der Waals surface area contributed by atoms with Gasteiger partial charge in [-0.25, -0.2) is 0 Å². The Bertz CT molecular complexity index is 912. The molecule has 336 valence electrons. The summed E-state index contributed by atoms with van der Waals surface area (Å²) in [5.41, 5.74) is 0. The van der Waals surface area contributed by atoms with Crippen molar-refractivity contribution in [1.29, 1.82) is 0 Å². The van der Waals surface area contributed by atoms with Crippen LogP contribution in [-0.4, -0.2) is 70.0 Å². The lowest BCUT2D eigenvalue weighted by atomic mass is 10.0. The summed E-state index contributed by atoms with van der Waals surface area (Å²) in [5.74, 6) is -0.814. The molecule has 0 aliphatic carbocycles. The number of carbonyl (C=O) groups is 2. The lowest BCUT2D eigenvalue weighted by Gasteiger charge is -2.27. The SMILES string of the molecule is C.CCCCCCCCCCCCCCCCCC(=O)OCC(COP(=O)([O-])OCCC[N+](C)(C)C)OC(=O)CCCCCCCCCCCCCCCCC. The molecule has 0 N–H and O–H groups in total. The summed E-state index contributed by atoms with van der Waals surface area (Å²) in [7, 11) is 1.45. The zero-order valence-electron chi connectivity index (χ0n) is 36.9. The predicted molar refractivity (Wildman–Crippen MR) is 234 cm³/mol. The molecule has 0 amide bonds. The van der Waals surface area contributed by atoms with Crippen LogP contribution in [0.5, 0.6) is 0 Å². The Hall–Kier alpha value is -0.990. The molecule has 0 aromatic carbocycles.